The number of aromatic nitrogens is 2. The van der Waals surface area contributed by atoms with Crippen LogP contribution in [0.1, 0.15) is 15.9 Å². The summed E-state index contributed by atoms with van der Waals surface area (Å²) in [6, 6.07) is 8.98. The van der Waals surface area contributed by atoms with E-state index < -0.39 is 0 Å². The Bertz CT molecular complexity index is 825. The zero-order chi connectivity index (χ0) is 15.4. The van der Waals surface area contributed by atoms with Crippen molar-refractivity contribution >= 4 is 23.0 Å². The van der Waals surface area contributed by atoms with Gasteiger partial charge in [0.2, 0.25) is 0 Å². The fourth-order valence-corrected chi connectivity index (χ4v) is 2.09. The van der Waals surface area contributed by atoms with Gasteiger partial charge in [0, 0.05) is 46.7 Å². The zero-order valence-corrected chi connectivity index (χ0v) is 11.9. The first-order valence-electron chi connectivity index (χ1n) is 6.66. The normalized spacial score (nSPS) is 11.0. The summed E-state index contributed by atoms with van der Waals surface area (Å²) >= 11 is 0. The third-order valence-electron chi connectivity index (χ3n) is 3.23. The van der Waals surface area contributed by atoms with E-state index in [2.05, 4.69) is 20.5 Å². The third kappa shape index (κ3) is 2.80. The van der Waals surface area contributed by atoms with E-state index in [1.807, 2.05) is 24.4 Å². The van der Waals surface area contributed by atoms with Gasteiger partial charge in [0.1, 0.15) is 5.75 Å². The quantitative estimate of drug-likeness (QED) is 0.572. The summed E-state index contributed by atoms with van der Waals surface area (Å²) in [5.74, 6) is 0.504. The molecule has 3 rings (SSSR count). The first-order chi connectivity index (χ1) is 10.8. The van der Waals surface area contributed by atoms with E-state index >= 15 is 0 Å². The van der Waals surface area contributed by atoms with Crippen LogP contribution in [0.3, 0.4) is 0 Å². The van der Waals surface area contributed by atoms with Crippen LogP contribution in [0.5, 0.6) is 5.75 Å². The number of methoxy groups -OCH3 is 1. The van der Waals surface area contributed by atoms with Crippen LogP contribution in [0.15, 0.2) is 54.0 Å². The minimum absolute atomic E-state index is 0.278. The summed E-state index contributed by atoms with van der Waals surface area (Å²) in [6.45, 7) is 0. The largest absolute Gasteiger partial charge is 0.497 e. The lowest BCUT2D eigenvalue weighted by molar-refractivity contribution is 0.0955. The summed E-state index contributed by atoms with van der Waals surface area (Å²) in [5, 5.41) is 4.99. The van der Waals surface area contributed by atoms with Gasteiger partial charge in [-0.2, -0.15) is 5.10 Å². The Morgan fingerprint density at radius 3 is 2.91 bits per heavy atom. The monoisotopic (exact) mass is 294 g/mol. The summed E-state index contributed by atoms with van der Waals surface area (Å²) < 4.78 is 5.18. The van der Waals surface area contributed by atoms with E-state index in [9.17, 15) is 4.79 Å². The number of benzene rings is 1. The molecule has 0 spiro atoms. The molecule has 0 aliphatic carbocycles. The van der Waals surface area contributed by atoms with Gasteiger partial charge in [-0.3, -0.25) is 9.78 Å². The number of hydrogen-bond acceptors (Lipinski definition) is 4. The smallest absolute Gasteiger partial charge is 0.271 e. The predicted molar refractivity (Wildman–Crippen MR) is 84.1 cm³/mol. The van der Waals surface area contributed by atoms with Crippen LogP contribution in [0, 0.1) is 0 Å². The average Bonchev–Trinajstić information content (AvgIpc) is 2.98. The number of hydrazone groups is 1. The maximum Gasteiger partial charge on any atom is 0.271 e. The number of nitrogens with zero attached hydrogens (tertiary/aromatic N) is 2. The van der Waals surface area contributed by atoms with Crippen molar-refractivity contribution in [3.8, 4) is 5.75 Å². The number of hydrogen-bond donors (Lipinski definition) is 2. The first-order valence-corrected chi connectivity index (χ1v) is 6.66. The molecule has 0 radical (unpaired) electrons. The lowest BCUT2D eigenvalue weighted by Crippen LogP contribution is -2.17. The van der Waals surface area contributed by atoms with Gasteiger partial charge < -0.3 is 9.72 Å². The Morgan fingerprint density at radius 1 is 1.32 bits per heavy atom. The molecule has 0 saturated heterocycles. The number of pyridine rings is 1. The van der Waals surface area contributed by atoms with Crippen LogP contribution in [0.2, 0.25) is 0 Å². The topological polar surface area (TPSA) is 79.4 Å². The Kier molecular flexibility index (Phi) is 3.82. The molecule has 6 heteroatoms. The fourth-order valence-electron chi connectivity index (χ4n) is 2.09. The highest BCUT2D eigenvalue weighted by molar-refractivity contribution is 6.00. The number of nitrogens with one attached hydrogen (secondary N) is 2. The summed E-state index contributed by atoms with van der Waals surface area (Å²) in [5.41, 5.74) is 4.83. The molecule has 6 nitrogen and oxygen atoms in total. The number of ether oxygens (including phenoxy) is 1. The van der Waals surface area contributed by atoms with Gasteiger partial charge >= 0.3 is 0 Å². The van der Waals surface area contributed by atoms with Gasteiger partial charge in [-0.1, -0.05) is 0 Å². The van der Waals surface area contributed by atoms with E-state index in [0.717, 1.165) is 22.2 Å². The second kappa shape index (κ2) is 6.09. The number of carbonyl (C=O) groups is 1. The number of carbonyl (C=O) groups excluding carboxylic acids is 1. The Hall–Kier alpha value is -3.15. The molecule has 0 bridgehead atoms. The summed E-state index contributed by atoms with van der Waals surface area (Å²) in [4.78, 5) is 18.8. The van der Waals surface area contributed by atoms with Gasteiger partial charge in [-0.25, -0.2) is 5.43 Å². The van der Waals surface area contributed by atoms with E-state index in [4.69, 9.17) is 4.74 Å². The Morgan fingerprint density at radius 2 is 2.14 bits per heavy atom. The van der Waals surface area contributed by atoms with Crippen molar-refractivity contribution in [1.29, 1.82) is 0 Å². The van der Waals surface area contributed by atoms with Crippen LogP contribution >= 0.6 is 0 Å². The molecule has 0 fully saturated rings. The van der Waals surface area contributed by atoms with Crippen LogP contribution in [-0.4, -0.2) is 29.2 Å². The molecule has 0 saturated carbocycles. The van der Waals surface area contributed by atoms with Crippen LogP contribution in [0.25, 0.3) is 10.9 Å². The summed E-state index contributed by atoms with van der Waals surface area (Å²) in [7, 11) is 1.63. The highest BCUT2D eigenvalue weighted by Gasteiger charge is 2.04. The van der Waals surface area contributed by atoms with Crippen molar-refractivity contribution in [2.45, 2.75) is 0 Å². The van der Waals surface area contributed by atoms with Crippen LogP contribution < -0.4 is 10.2 Å². The van der Waals surface area contributed by atoms with E-state index in [0.29, 0.717) is 5.56 Å². The minimum atomic E-state index is -0.278. The molecule has 1 aromatic carbocycles. The zero-order valence-electron chi connectivity index (χ0n) is 11.9. The number of fused-ring (bicyclic) bond motifs is 1. The fraction of sp³-hybridized carbons (Fsp3) is 0.0625. The second-order valence-electron chi connectivity index (χ2n) is 4.59. The predicted octanol–water partition coefficient (Wildman–Crippen LogP) is 2.34. The average molecular weight is 294 g/mol. The van der Waals surface area contributed by atoms with Gasteiger partial charge in [0.15, 0.2) is 0 Å². The second-order valence-corrected chi connectivity index (χ2v) is 4.59. The number of rotatable bonds is 4. The van der Waals surface area contributed by atoms with Gasteiger partial charge in [0.25, 0.3) is 5.91 Å². The molecule has 0 atom stereocenters. The lowest BCUT2D eigenvalue weighted by Gasteiger charge is -1.99. The molecule has 110 valence electrons. The lowest BCUT2D eigenvalue weighted by atomic mass is 10.2. The summed E-state index contributed by atoms with van der Waals surface area (Å²) in [6.07, 6.45) is 6.55. The van der Waals surface area contributed by atoms with E-state index in [-0.39, 0.29) is 5.91 Å². The molecular formula is C16H14N4O2. The third-order valence-corrected chi connectivity index (χ3v) is 3.23. The van der Waals surface area contributed by atoms with Gasteiger partial charge in [0.05, 0.1) is 13.3 Å². The molecule has 3 aromatic rings. The van der Waals surface area contributed by atoms with E-state index in [1.165, 1.54) is 0 Å². The van der Waals surface area contributed by atoms with Crippen molar-refractivity contribution in [2.24, 2.45) is 5.10 Å². The Labute approximate surface area is 126 Å². The number of aromatic amines is 1. The van der Waals surface area contributed by atoms with E-state index in [1.54, 1.807) is 37.9 Å². The molecule has 1 amide bonds. The molecule has 2 heterocycles. The molecule has 0 unspecified atom stereocenters. The number of amides is 1. The van der Waals surface area contributed by atoms with Crippen LogP contribution in [-0.2, 0) is 0 Å². The molecule has 2 aromatic heterocycles. The van der Waals surface area contributed by atoms with Crippen molar-refractivity contribution in [2.75, 3.05) is 7.11 Å². The number of H-pyrrole nitrogens is 1. The maximum atomic E-state index is 11.8. The van der Waals surface area contributed by atoms with Crippen molar-refractivity contribution in [1.82, 2.24) is 15.4 Å². The van der Waals surface area contributed by atoms with Gasteiger partial charge in [-0.05, 0) is 24.3 Å². The van der Waals surface area contributed by atoms with Crippen molar-refractivity contribution in [3.63, 3.8) is 0 Å². The molecule has 0 aliphatic heterocycles. The molecule has 0 aliphatic rings. The van der Waals surface area contributed by atoms with Crippen molar-refractivity contribution < 1.29 is 9.53 Å². The molecular weight excluding hydrogens is 280 g/mol. The highest BCUT2D eigenvalue weighted by Crippen LogP contribution is 2.22. The highest BCUT2D eigenvalue weighted by atomic mass is 16.5. The minimum Gasteiger partial charge on any atom is -0.497 e. The Balaban J connectivity index is 1.74. The van der Waals surface area contributed by atoms with Gasteiger partial charge in [-0.15, -0.1) is 0 Å². The van der Waals surface area contributed by atoms with Crippen LogP contribution in [0.4, 0.5) is 0 Å². The maximum absolute atomic E-state index is 11.8. The molecule has 2 N–H and O–H groups in total. The molecule has 22 heavy (non-hydrogen) atoms. The first kappa shape index (κ1) is 13.8. The standard InChI is InChI=1S/C16H14N4O2/c1-22-13-2-3-14-12(9-18-15(14)8-13)10-19-20-16(21)11-4-6-17-7-5-11/h2-10,18H,1H3,(H,20,21)/b19-10+. The van der Waals surface area contributed by atoms with Crippen molar-refractivity contribution in [3.05, 3.63) is 60.0 Å². The SMILES string of the molecule is COc1ccc2c(/C=N/NC(=O)c3ccncc3)c[nH]c2c1.